The fourth-order valence-corrected chi connectivity index (χ4v) is 3.33. The van der Waals surface area contributed by atoms with Crippen LogP contribution in [0.3, 0.4) is 0 Å². The number of aryl methyl sites for hydroxylation is 1. The summed E-state index contributed by atoms with van der Waals surface area (Å²) in [6.07, 6.45) is 0.602. The Bertz CT molecular complexity index is 622. The Morgan fingerprint density at radius 1 is 1.04 bits per heavy atom. The predicted molar refractivity (Wildman–Crippen MR) is 102 cm³/mol. The number of quaternary nitrogens is 1. The summed E-state index contributed by atoms with van der Waals surface area (Å²) in [6, 6.07) is 18.7. The zero-order valence-corrected chi connectivity index (χ0v) is 15.0. The van der Waals surface area contributed by atoms with E-state index in [-0.39, 0.29) is 0 Å². The van der Waals surface area contributed by atoms with Crippen molar-refractivity contribution in [3.8, 4) is 5.75 Å². The highest BCUT2D eigenvalue weighted by molar-refractivity contribution is 5.46. The zero-order valence-electron chi connectivity index (χ0n) is 15.0. The third-order valence-corrected chi connectivity index (χ3v) is 4.89. The Morgan fingerprint density at radius 2 is 1.72 bits per heavy atom. The number of piperazine rings is 1. The molecule has 0 bridgehead atoms. The monoisotopic (exact) mass is 341 g/mol. The zero-order chi connectivity index (χ0) is 17.5. The Labute approximate surface area is 150 Å². The molecule has 1 fully saturated rings. The van der Waals surface area contributed by atoms with Gasteiger partial charge in [0.05, 0.1) is 26.2 Å². The molecule has 2 aromatic rings. The van der Waals surface area contributed by atoms with Gasteiger partial charge in [-0.1, -0.05) is 37.3 Å². The summed E-state index contributed by atoms with van der Waals surface area (Å²) in [7, 11) is 0. The van der Waals surface area contributed by atoms with Crippen LogP contribution in [-0.4, -0.2) is 50.5 Å². The van der Waals surface area contributed by atoms with Crippen LogP contribution in [0.25, 0.3) is 0 Å². The summed E-state index contributed by atoms with van der Waals surface area (Å²) in [4.78, 5) is 3.87. The molecule has 0 aliphatic carbocycles. The maximum atomic E-state index is 10.3. The highest BCUT2D eigenvalue weighted by atomic mass is 16.5. The van der Waals surface area contributed by atoms with Crippen molar-refractivity contribution in [2.24, 2.45) is 0 Å². The van der Waals surface area contributed by atoms with Crippen molar-refractivity contribution in [2.75, 3.05) is 44.2 Å². The Hall–Kier alpha value is -2.04. The molecule has 1 atom stereocenters. The molecule has 1 saturated heterocycles. The van der Waals surface area contributed by atoms with Gasteiger partial charge >= 0.3 is 0 Å². The van der Waals surface area contributed by atoms with Crippen LogP contribution in [-0.2, 0) is 6.42 Å². The smallest absolute Gasteiger partial charge is 0.137 e. The number of benzene rings is 2. The van der Waals surface area contributed by atoms with Gasteiger partial charge in [-0.05, 0) is 36.2 Å². The van der Waals surface area contributed by atoms with Gasteiger partial charge in [0.1, 0.15) is 25.0 Å². The minimum absolute atomic E-state index is 0.359. The molecule has 0 amide bonds. The molecular formula is C21H29N2O2+. The number of rotatable bonds is 7. The molecule has 1 heterocycles. The van der Waals surface area contributed by atoms with Gasteiger partial charge in [0.25, 0.3) is 0 Å². The molecule has 134 valence electrons. The third-order valence-electron chi connectivity index (χ3n) is 4.89. The van der Waals surface area contributed by atoms with Crippen LogP contribution in [0.5, 0.6) is 5.75 Å². The number of aliphatic hydroxyl groups excluding tert-OH is 1. The molecule has 3 rings (SSSR count). The van der Waals surface area contributed by atoms with Crippen LogP contribution in [0.1, 0.15) is 12.5 Å². The molecule has 25 heavy (non-hydrogen) atoms. The quantitative estimate of drug-likeness (QED) is 0.799. The Balaban J connectivity index is 1.39. The molecule has 2 N–H and O–H groups in total. The maximum Gasteiger partial charge on any atom is 0.137 e. The van der Waals surface area contributed by atoms with Crippen molar-refractivity contribution in [2.45, 2.75) is 19.4 Å². The summed E-state index contributed by atoms with van der Waals surface area (Å²) < 4.78 is 5.73. The Morgan fingerprint density at radius 3 is 2.36 bits per heavy atom. The molecule has 0 spiro atoms. The van der Waals surface area contributed by atoms with E-state index < -0.39 is 6.10 Å². The SMILES string of the molecule is CCc1ccc(OCC(O)C[NH+]2CCN(c3ccccc3)CC2)cc1. The number of anilines is 1. The third kappa shape index (κ3) is 5.21. The summed E-state index contributed by atoms with van der Waals surface area (Å²) in [6.45, 7) is 7.41. The van der Waals surface area contributed by atoms with Gasteiger partial charge in [0.15, 0.2) is 0 Å². The number of hydrogen-bond acceptors (Lipinski definition) is 3. The van der Waals surface area contributed by atoms with Crippen molar-refractivity contribution in [3.05, 3.63) is 60.2 Å². The van der Waals surface area contributed by atoms with E-state index in [1.807, 2.05) is 12.1 Å². The first kappa shape index (κ1) is 17.8. The van der Waals surface area contributed by atoms with Crippen LogP contribution in [0.15, 0.2) is 54.6 Å². The fraction of sp³-hybridized carbons (Fsp3) is 0.429. The second-order valence-corrected chi connectivity index (χ2v) is 6.74. The van der Waals surface area contributed by atoms with Crippen molar-refractivity contribution < 1.29 is 14.7 Å². The Kier molecular flexibility index (Phi) is 6.31. The topological polar surface area (TPSA) is 37.1 Å². The minimum Gasteiger partial charge on any atom is -0.491 e. The van der Waals surface area contributed by atoms with Crippen LogP contribution >= 0.6 is 0 Å². The van der Waals surface area contributed by atoms with E-state index >= 15 is 0 Å². The standard InChI is InChI=1S/C21H28N2O2/c1-2-18-8-10-21(11-9-18)25-17-20(24)16-22-12-14-23(15-13-22)19-6-4-3-5-7-19/h3-11,20,24H,2,12-17H2,1H3/p+1. The number of nitrogens with one attached hydrogen (secondary N) is 1. The van der Waals surface area contributed by atoms with Crippen molar-refractivity contribution >= 4 is 5.69 Å². The largest absolute Gasteiger partial charge is 0.491 e. The van der Waals surface area contributed by atoms with Crippen molar-refractivity contribution in [3.63, 3.8) is 0 Å². The first-order chi connectivity index (χ1) is 12.2. The van der Waals surface area contributed by atoms with Crippen molar-refractivity contribution in [1.82, 2.24) is 0 Å². The fourth-order valence-electron chi connectivity index (χ4n) is 3.33. The van der Waals surface area contributed by atoms with Gasteiger partial charge in [0.2, 0.25) is 0 Å². The van der Waals surface area contributed by atoms with E-state index in [1.54, 1.807) is 0 Å². The average Bonchev–Trinajstić information content (AvgIpc) is 2.68. The van der Waals surface area contributed by atoms with E-state index in [1.165, 1.54) is 16.2 Å². The molecule has 0 saturated carbocycles. The van der Waals surface area contributed by atoms with Gasteiger partial charge in [-0.3, -0.25) is 0 Å². The number of aliphatic hydroxyl groups is 1. The lowest BCUT2D eigenvalue weighted by Gasteiger charge is -2.34. The molecule has 2 aromatic carbocycles. The van der Waals surface area contributed by atoms with E-state index in [9.17, 15) is 5.11 Å². The van der Waals surface area contributed by atoms with Gasteiger partial charge in [-0.25, -0.2) is 0 Å². The summed E-state index contributed by atoms with van der Waals surface area (Å²) in [5, 5.41) is 10.3. The van der Waals surface area contributed by atoms with Crippen LogP contribution < -0.4 is 14.5 Å². The van der Waals surface area contributed by atoms with Crippen LogP contribution in [0, 0.1) is 0 Å². The van der Waals surface area contributed by atoms with E-state index in [2.05, 4.69) is 54.3 Å². The molecule has 1 unspecified atom stereocenters. The van der Waals surface area contributed by atoms with Crippen LogP contribution in [0.2, 0.25) is 0 Å². The lowest BCUT2D eigenvalue weighted by Crippen LogP contribution is -3.16. The first-order valence-corrected chi connectivity index (χ1v) is 9.28. The number of nitrogens with zero attached hydrogens (tertiary/aromatic N) is 1. The molecule has 1 aliphatic heterocycles. The lowest BCUT2D eigenvalue weighted by molar-refractivity contribution is -0.903. The average molecular weight is 341 g/mol. The lowest BCUT2D eigenvalue weighted by atomic mass is 10.2. The first-order valence-electron chi connectivity index (χ1n) is 9.28. The molecule has 4 nitrogen and oxygen atoms in total. The summed E-state index contributed by atoms with van der Waals surface area (Å²) in [5.41, 5.74) is 2.59. The molecular weight excluding hydrogens is 312 g/mol. The molecule has 0 radical (unpaired) electrons. The molecule has 0 aromatic heterocycles. The molecule has 1 aliphatic rings. The van der Waals surface area contributed by atoms with Gasteiger partial charge in [0, 0.05) is 5.69 Å². The second kappa shape index (κ2) is 8.88. The van der Waals surface area contributed by atoms with E-state index in [4.69, 9.17) is 4.74 Å². The van der Waals surface area contributed by atoms with Gasteiger partial charge in [-0.15, -0.1) is 0 Å². The maximum absolute atomic E-state index is 10.3. The van der Waals surface area contributed by atoms with E-state index in [0.29, 0.717) is 6.61 Å². The highest BCUT2D eigenvalue weighted by Gasteiger charge is 2.22. The van der Waals surface area contributed by atoms with Gasteiger partial charge < -0.3 is 19.6 Å². The normalized spacial score (nSPS) is 16.6. The number of hydrogen-bond donors (Lipinski definition) is 2. The summed E-state index contributed by atoms with van der Waals surface area (Å²) >= 11 is 0. The number of ether oxygens (including phenoxy) is 1. The van der Waals surface area contributed by atoms with Crippen molar-refractivity contribution in [1.29, 1.82) is 0 Å². The molecule has 4 heteroatoms. The second-order valence-electron chi connectivity index (χ2n) is 6.74. The minimum atomic E-state index is -0.427. The van der Waals surface area contributed by atoms with Crippen LogP contribution in [0.4, 0.5) is 5.69 Å². The van der Waals surface area contributed by atoms with E-state index in [0.717, 1.165) is 44.9 Å². The summed E-state index contributed by atoms with van der Waals surface area (Å²) in [5.74, 6) is 0.833. The van der Waals surface area contributed by atoms with Gasteiger partial charge in [-0.2, -0.15) is 0 Å². The number of para-hydroxylation sites is 1. The predicted octanol–water partition coefficient (Wildman–Crippen LogP) is 1.39. The highest BCUT2D eigenvalue weighted by Crippen LogP contribution is 2.13.